The molecule has 1 saturated carbocycles. The van der Waals surface area contributed by atoms with Crippen molar-refractivity contribution in [3.05, 3.63) is 42.5 Å². The first-order chi connectivity index (χ1) is 15.0. The Balaban J connectivity index is 1.63. The van der Waals surface area contributed by atoms with Gasteiger partial charge in [0, 0.05) is 34.8 Å². The van der Waals surface area contributed by atoms with Gasteiger partial charge in [-0.05, 0) is 63.8 Å². The van der Waals surface area contributed by atoms with Crippen molar-refractivity contribution < 1.29 is 9.53 Å². The van der Waals surface area contributed by atoms with Crippen LogP contribution in [0.2, 0.25) is 0 Å². The minimum Gasteiger partial charge on any atom is -0.494 e. The second-order valence-electron chi connectivity index (χ2n) is 8.56. The Morgan fingerprint density at radius 3 is 2.55 bits per heavy atom. The number of rotatable bonds is 7. The van der Waals surface area contributed by atoms with Gasteiger partial charge in [0.1, 0.15) is 5.75 Å². The van der Waals surface area contributed by atoms with E-state index in [0.29, 0.717) is 12.6 Å². The highest BCUT2D eigenvalue weighted by atomic mass is 16.5. The van der Waals surface area contributed by atoms with Crippen molar-refractivity contribution in [2.45, 2.75) is 58.5 Å². The largest absolute Gasteiger partial charge is 0.494 e. The summed E-state index contributed by atoms with van der Waals surface area (Å²) in [4.78, 5) is 12.1. The summed E-state index contributed by atoms with van der Waals surface area (Å²) in [5, 5.41) is 6.94. The maximum Gasteiger partial charge on any atom is 0.319 e. The second-order valence-corrected chi connectivity index (χ2v) is 8.56. The minimum absolute atomic E-state index is 0.145. The summed E-state index contributed by atoms with van der Waals surface area (Å²) in [5.74, 6) is 0.859. The number of nitrogen functional groups attached to an aromatic ring is 1. The average molecular weight is 421 g/mol. The van der Waals surface area contributed by atoms with Crippen molar-refractivity contribution in [3.63, 3.8) is 0 Å². The zero-order chi connectivity index (χ0) is 22.0. The molecule has 1 aliphatic carbocycles. The molecule has 3 aromatic rings. The number of nitrogens with two attached hydrogens (primary N) is 1. The smallest absolute Gasteiger partial charge is 0.319 e. The number of amides is 2. The van der Waals surface area contributed by atoms with Gasteiger partial charge in [-0.1, -0.05) is 19.1 Å². The van der Waals surface area contributed by atoms with Crippen LogP contribution in [0.5, 0.6) is 5.75 Å². The normalized spacial score (nSPS) is 13.9. The third kappa shape index (κ3) is 4.33. The van der Waals surface area contributed by atoms with Crippen molar-refractivity contribution in [1.82, 2.24) is 9.88 Å². The Bertz CT molecular complexity index is 1070. The van der Waals surface area contributed by atoms with Crippen LogP contribution in [0.25, 0.3) is 22.2 Å². The first kappa shape index (κ1) is 21.1. The van der Waals surface area contributed by atoms with E-state index in [1.54, 1.807) is 0 Å². The molecule has 4 N–H and O–H groups in total. The molecule has 1 aliphatic rings. The van der Waals surface area contributed by atoms with Crippen LogP contribution >= 0.6 is 0 Å². The van der Waals surface area contributed by atoms with Crippen molar-refractivity contribution in [2.24, 2.45) is 0 Å². The Hall–Kier alpha value is -3.15. The molecule has 0 unspecified atom stereocenters. The number of carbonyl (C=O) groups is 1. The quantitative estimate of drug-likeness (QED) is 0.443. The monoisotopic (exact) mass is 420 g/mol. The molecule has 0 atom stereocenters. The number of benzene rings is 2. The fourth-order valence-electron chi connectivity index (χ4n) is 4.07. The molecule has 1 aromatic heterocycles. The summed E-state index contributed by atoms with van der Waals surface area (Å²) in [6, 6.07) is 14.4. The van der Waals surface area contributed by atoms with Gasteiger partial charge in [0.05, 0.1) is 23.5 Å². The summed E-state index contributed by atoms with van der Waals surface area (Å²) in [5.41, 5.74) is 11.2. The van der Waals surface area contributed by atoms with E-state index in [9.17, 15) is 4.79 Å². The van der Waals surface area contributed by atoms with Gasteiger partial charge >= 0.3 is 6.03 Å². The Kier molecular flexibility index (Phi) is 6.07. The van der Waals surface area contributed by atoms with E-state index in [-0.39, 0.29) is 12.1 Å². The molecule has 0 spiro atoms. The molecule has 0 saturated heterocycles. The van der Waals surface area contributed by atoms with Crippen LogP contribution in [-0.2, 0) is 0 Å². The number of hydrogen-bond acceptors (Lipinski definition) is 3. The lowest BCUT2D eigenvalue weighted by atomic mass is 9.93. The molecule has 2 aromatic carbocycles. The standard InChI is InChI=1S/C25H32N4O2/c1-4-14-31-20-12-13-21-22(15-20)29(16(2)3)24(23(21)26)17-8-10-19(11-9-17)28-25(30)27-18-6-5-7-18/h8-13,15-16,18H,4-7,14,26H2,1-3H3,(H2,27,28,30). The molecular formula is C25H32N4O2. The highest BCUT2D eigenvalue weighted by Crippen LogP contribution is 2.40. The summed E-state index contributed by atoms with van der Waals surface area (Å²) in [6.45, 7) is 7.10. The third-order valence-corrected chi connectivity index (χ3v) is 5.86. The number of anilines is 2. The van der Waals surface area contributed by atoms with E-state index in [4.69, 9.17) is 10.5 Å². The predicted octanol–water partition coefficient (Wildman–Crippen LogP) is 5.93. The highest BCUT2D eigenvalue weighted by molar-refractivity contribution is 6.01. The average Bonchev–Trinajstić information content (AvgIpc) is 3.02. The lowest BCUT2D eigenvalue weighted by molar-refractivity contribution is 0.240. The Morgan fingerprint density at radius 1 is 1.19 bits per heavy atom. The molecule has 0 bridgehead atoms. The maximum absolute atomic E-state index is 12.1. The van der Waals surface area contributed by atoms with Gasteiger partial charge < -0.3 is 25.7 Å². The van der Waals surface area contributed by atoms with Gasteiger partial charge in [0.15, 0.2) is 0 Å². The second kappa shape index (κ2) is 8.92. The summed E-state index contributed by atoms with van der Waals surface area (Å²) >= 11 is 0. The highest BCUT2D eigenvalue weighted by Gasteiger charge is 2.21. The van der Waals surface area contributed by atoms with Gasteiger partial charge in [-0.2, -0.15) is 0 Å². The van der Waals surface area contributed by atoms with E-state index in [1.807, 2.05) is 36.4 Å². The molecule has 1 fully saturated rings. The van der Waals surface area contributed by atoms with E-state index in [1.165, 1.54) is 6.42 Å². The third-order valence-electron chi connectivity index (χ3n) is 5.86. The van der Waals surface area contributed by atoms with Crippen LogP contribution < -0.4 is 21.1 Å². The van der Waals surface area contributed by atoms with E-state index < -0.39 is 0 Å². The summed E-state index contributed by atoms with van der Waals surface area (Å²) in [6.07, 6.45) is 4.29. The minimum atomic E-state index is -0.145. The van der Waals surface area contributed by atoms with Crippen LogP contribution in [0.15, 0.2) is 42.5 Å². The van der Waals surface area contributed by atoms with Crippen molar-refractivity contribution >= 4 is 28.3 Å². The van der Waals surface area contributed by atoms with Crippen molar-refractivity contribution in [1.29, 1.82) is 0 Å². The zero-order valence-corrected chi connectivity index (χ0v) is 18.6. The molecule has 6 heteroatoms. The Morgan fingerprint density at radius 2 is 1.94 bits per heavy atom. The lowest BCUT2D eigenvalue weighted by Crippen LogP contribution is -2.41. The Labute approximate surface area is 183 Å². The number of carbonyl (C=O) groups excluding carboxylic acids is 1. The molecule has 31 heavy (non-hydrogen) atoms. The molecule has 2 amide bonds. The van der Waals surface area contributed by atoms with Gasteiger partial charge in [0.25, 0.3) is 0 Å². The van der Waals surface area contributed by atoms with E-state index >= 15 is 0 Å². The van der Waals surface area contributed by atoms with Crippen LogP contribution in [0.3, 0.4) is 0 Å². The van der Waals surface area contributed by atoms with Crippen LogP contribution in [0.1, 0.15) is 52.5 Å². The fourth-order valence-corrected chi connectivity index (χ4v) is 4.07. The maximum atomic E-state index is 12.1. The number of ether oxygens (including phenoxy) is 1. The molecule has 164 valence electrons. The predicted molar refractivity (Wildman–Crippen MR) is 128 cm³/mol. The van der Waals surface area contributed by atoms with Crippen LogP contribution in [0, 0.1) is 0 Å². The number of aromatic nitrogens is 1. The SMILES string of the molecule is CCCOc1ccc2c(N)c(-c3ccc(NC(=O)NC4CCC4)cc3)n(C(C)C)c2c1. The van der Waals surface area contributed by atoms with Gasteiger partial charge in [-0.3, -0.25) is 0 Å². The number of urea groups is 1. The molecule has 4 rings (SSSR count). The van der Waals surface area contributed by atoms with Crippen LogP contribution in [-0.4, -0.2) is 23.2 Å². The van der Waals surface area contributed by atoms with E-state index in [0.717, 1.165) is 58.5 Å². The number of nitrogens with one attached hydrogen (secondary N) is 2. The topological polar surface area (TPSA) is 81.3 Å². The molecule has 6 nitrogen and oxygen atoms in total. The van der Waals surface area contributed by atoms with Gasteiger partial charge in [0.2, 0.25) is 0 Å². The van der Waals surface area contributed by atoms with Crippen molar-refractivity contribution in [3.8, 4) is 17.0 Å². The first-order valence-corrected chi connectivity index (χ1v) is 11.2. The molecular weight excluding hydrogens is 388 g/mol. The number of hydrogen-bond donors (Lipinski definition) is 3. The number of nitrogens with zero attached hydrogens (tertiary/aromatic N) is 1. The zero-order valence-electron chi connectivity index (χ0n) is 18.6. The van der Waals surface area contributed by atoms with Crippen molar-refractivity contribution in [2.75, 3.05) is 17.7 Å². The van der Waals surface area contributed by atoms with E-state index in [2.05, 4.69) is 42.0 Å². The fraction of sp³-hybridized carbons (Fsp3) is 0.400. The summed E-state index contributed by atoms with van der Waals surface area (Å²) in [7, 11) is 0. The van der Waals surface area contributed by atoms with Gasteiger partial charge in [-0.25, -0.2) is 4.79 Å². The van der Waals surface area contributed by atoms with Crippen LogP contribution in [0.4, 0.5) is 16.2 Å². The summed E-state index contributed by atoms with van der Waals surface area (Å²) < 4.78 is 8.10. The molecule has 0 aliphatic heterocycles. The van der Waals surface area contributed by atoms with Gasteiger partial charge in [-0.15, -0.1) is 0 Å². The molecule has 0 radical (unpaired) electrons. The molecule has 1 heterocycles. The number of fused-ring (bicyclic) bond motifs is 1. The lowest BCUT2D eigenvalue weighted by Gasteiger charge is -2.26. The first-order valence-electron chi connectivity index (χ1n) is 11.2.